The van der Waals surface area contributed by atoms with Crippen LogP contribution in [0.5, 0.6) is 0 Å². The summed E-state index contributed by atoms with van der Waals surface area (Å²) >= 11 is 1.43. The second kappa shape index (κ2) is 8.17. The predicted octanol–water partition coefficient (Wildman–Crippen LogP) is 3.19. The molecule has 0 N–H and O–H groups in total. The summed E-state index contributed by atoms with van der Waals surface area (Å²) in [5, 5.41) is 2.57. The van der Waals surface area contributed by atoms with Gasteiger partial charge in [0.1, 0.15) is 5.49 Å². The van der Waals surface area contributed by atoms with Crippen molar-refractivity contribution in [2.75, 3.05) is 11.4 Å². The second-order valence-corrected chi connectivity index (χ2v) is 8.03. The fourth-order valence-corrected chi connectivity index (χ4v) is 4.61. The Kier molecular flexibility index (Phi) is 5.48. The van der Waals surface area contributed by atoms with Crippen LogP contribution in [0.2, 0.25) is 0 Å². The van der Waals surface area contributed by atoms with Crippen LogP contribution in [0.3, 0.4) is 0 Å². The molecule has 0 aromatic carbocycles. The molecule has 0 spiro atoms. The Hall–Kier alpha value is -2.28. The predicted molar refractivity (Wildman–Crippen MR) is 105 cm³/mol. The molecule has 2 aromatic heterocycles. The van der Waals surface area contributed by atoms with Gasteiger partial charge in [0.2, 0.25) is 11.8 Å². The fraction of sp³-hybridized carbons (Fsp3) is 0.500. The first-order chi connectivity index (χ1) is 13.2. The van der Waals surface area contributed by atoms with Crippen LogP contribution in [0.1, 0.15) is 55.4 Å². The van der Waals surface area contributed by atoms with Gasteiger partial charge in [-0.25, -0.2) is 4.98 Å². The molecule has 1 saturated carbocycles. The Labute approximate surface area is 162 Å². The molecule has 1 saturated heterocycles. The molecule has 3 heterocycles. The van der Waals surface area contributed by atoms with Gasteiger partial charge in [-0.1, -0.05) is 25.3 Å². The lowest BCUT2D eigenvalue weighted by atomic mass is 9.96. The fourth-order valence-electron chi connectivity index (χ4n) is 3.74. The molecule has 0 radical (unpaired) electrons. The Morgan fingerprint density at radius 2 is 2.07 bits per heavy atom. The van der Waals surface area contributed by atoms with Crippen molar-refractivity contribution < 1.29 is 9.59 Å². The van der Waals surface area contributed by atoms with E-state index in [-0.39, 0.29) is 18.2 Å². The molecule has 0 bridgehead atoms. The van der Waals surface area contributed by atoms with Gasteiger partial charge in [0, 0.05) is 24.5 Å². The summed E-state index contributed by atoms with van der Waals surface area (Å²) in [6.45, 7) is 0.720. The molecule has 0 atom stereocenters. The van der Waals surface area contributed by atoms with Crippen molar-refractivity contribution in [1.82, 2.24) is 9.55 Å². The molecular formula is C20H24N4O2S. The van der Waals surface area contributed by atoms with Gasteiger partial charge in [0.05, 0.1) is 18.2 Å². The number of aromatic nitrogens is 2. The highest BCUT2D eigenvalue weighted by molar-refractivity contribution is 7.14. The van der Waals surface area contributed by atoms with Gasteiger partial charge in [-0.15, -0.1) is 11.3 Å². The van der Waals surface area contributed by atoms with E-state index in [1.165, 1.54) is 30.6 Å². The summed E-state index contributed by atoms with van der Waals surface area (Å²) in [5.74, 6) is 0.0722. The molecule has 4 rings (SSSR count). The van der Waals surface area contributed by atoms with Gasteiger partial charge >= 0.3 is 0 Å². The number of carbonyl (C=O) groups is 2. The van der Waals surface area contributed by atoms with Crippen molar-refractivity contribution in [1.29, 1.82) is 0 Å². The molecule has 2 fully saturated rings. The van der Waals surface area contributed by atoms with Crippen LogP contribution in [0.15, 0.2) is 34.8 Å². The maximum atomic E-state index is 12.9. The molecule has 0 unspecified atom stereocenters. The highest BCUT2D eigenvalue weighted by Gasteiger charge is 2.24. The van der Waals surface area contributed by atoms with Crippen LogP contribution in [-0.4, -0.2) is 34.0 Å². The van der Waals surface area contributed by atoms with Crippen molar-refractivity contribution in [2.45, 2.75) is 57.4 Å². The molecule has 1 amide bonds. The van der Waals surface area contributed by atoms with Crippen molar-refractivity contribution >= 4 is 28.3 Å². The summed E-state index contributed by atoms with van der Waals surface area (Å²) < 4.78 is 1.63. The zero-order valence-electron chi connectivity index (χ0n) is 15.3. The third-order valence-electron chi connectivity index (χ3n) is 5.17. The Morgan fingerprint density at radius 1 is 1.22 bits per heavy atom. The Balaban J connectivity index is 1.51. The Bertz CT molecular complexity index is 895. The van der Waals surface area contributed by atoms with Crippen LogP contribution < -0.4 is 10.4 Å². The third kappa shape index (κ3) is 4.18. The van der Waals surface area contributed by atoms with E-state index in [0.29, 0.717) is 23.3 Å². The largest absolute Gasteiger partial charge is 0.288 e. The third-order valence-corrected chi connectivity index (χ3v) is 6.09. The van der Waals surface area contributed by atoms with Gasteiger partial charge < -0.3 is 0 Å². The number of hydrogen-bond donors (Lipinski definition) is 0. The minimum absolute atomic E-state index is 0.0465. The molecule has 1 aliphatic carbocycles. The number of pyridine rings is 1. The molecule has 1 aliphatic heterocycles. The van der Waals surface area contributed by atoms with Crippen LogP contribution in [-0.2, 0) is 11.2 Å². The van der Waals surface area contributed by atoms with Gasteiger partial charge in [-0.3, -0.25) is 24.0 Å². The van der Waals surface area contributed by atoms with Crippen molar-refractivity contribution in [2.24, 2.45) is 4.99 Å². The number of amides is 1. The lowest BCUT2D eigenvalue weighted by molar-refractivity contribution is -0.117. The molecule has 27 heavy (non-hydrogen) atoms. The first-order valence-corrected chi connectivity index (χ1v) is 10.6. The average molecular weight is 385 g/mol. The van der Waals surface area contributed by atoms with E-state index in [9.17, 15) is 9.59 Å². The number of carbonyl (C=O) groups excluding carboxylic acids is 2. The zero-order valence-corrected chi connectivity index (χ0v) is 16.2. The van der Waals surface area contributed by atoms with Crippen LogP contribution in [0.4, 0.5) is 5.13 Å². The van der Waals surface area contributed by atoms with Gasteiger partial charge in [0.15, 0.2) is 5.13 Å². The van der Waals surface area contributed by atoms with Gasteiger partial charge in [-0.05, 0) is 31.4 Å². The van der Waals surface area contributed by atoms with Crippen molar-refractivity contribution in [3.05, 3.63) is 41.0 Å². The zero-order chi connectivity index (χ0) is 18.6. The van der Waals surface area contributed by atoms with E-state index in [1.54, 1.807) is 15.7 Å². The monoisotopic (exact) mass is 384 g/mol. The topological polar surface area (TPSA) is 67.6 Å². The highest BCUT2D eigenvalue weighted by atomic mass is 32.1. The van der Waals surface area contributed by atoms with E-state index >= 15 is 0 Å². The SMILES string of the molecule is O=C1CCCN1c1nc(CC(=O)n2ccccc2=NC2CCCCC2)cs1. The summed E-state index contributed by atoms with van der Waals surface area (Å²) in [6.07, 6.45) is 9.35. The lowest BCUT2D eigenvalue weighted by Gasteiger charge is -2.17. The van der Waals surface area contributed by atoms with Crippen LogP contribution in [0.25, 0.3) is 0 Å². The van der Waals surface area contributed by atoms with Crippen LogP contribution >= 0.6 is 11.3 Å². The quantitative estimate of drug-likeness (QED) is 0.813. The van der Waals surface area contributed by atoms with Crippen molar-refractivity contribution in [3.8, 4) is 0 Å². The summed E-state index contributed by atoms with van der Waals surface area (Å²) in [5.41, 5.74) is 1.43. The summed E-state index contributed by atoms with van der Waals surface area (Å²) in [7, 11) is 0. The van der Waals surface area contributed by atoms with Gasteiger partial charge in [-0.2, -0.15) is 0 Å². The number of rotatable bonds is 4. The maximum absolute atomic E-state index is 12.9. The van der Waals surface area contributed by atoms with Gasteiger partial charge in [0.25, 0.3) is 0 Å². The smallest absolute Gasteiger partial charge is 0.238 e. The van der Waals surface area contributed by atoms with Crippen LogP contribution in [0, 0.1) is 0 Å². The maximum Gasteiger partial charge on any atom is 0.238 e. The molecule has 2 aliphatic rings. The molecular weight excluding hydrogens is 360 g/mol. The van der Waals surface area contributed by atoms with E-state index in [2.05, 4.69) is 4.98 Å². The highest BCUT2D eigenvalue weighted by Crippen LogP contribution is 2.25. The first kappa shape index (κ1) is 18.1. The van der Waals surface area contributed by atoms with E-state index in [0.717, 1.165) is 31.3 Å². The first-order valence-electron chi connectivity index (χ1n) is 9.70. The summed E-state index contributed by atoms with van der Waals surface area (Å²) in [6, 6.07) is 5.99. The molecule has 6 nitrogen and oxygen atoms in total. The average Bonchev–Trinajstić information content (AvgIpc) is 3.31. The second-order valence-electron chi connectivity index (χ2n) is 7.19. The Morgan fingerprint density at radius 3 is 2.85 bits per heavy atom. The van der Waals surface area contributed by atoms with E-state index in [4.69, 9.17) is 4.99 Å². The normalized spacial score (nSPS) is 19.0. The number of hydrogen-bond acceptors (Lipinski definition) is 5. The molecule has 7 heteroatoms. The van der Waals surface area contributed by atoms with Crippen molar-refractivity contribution in [3.63, 3.8) is 0 Å². The van der Waals surface area contributed by atoms with E-state index < -0.39 is 0 Å². The number of thiazole rings is 1. The number of anilines is 1. The minimum atomic E-state index is -0.0465. The molecule has 2 aromatic rings. The minimum Gasteiger partial charge on any atom is -0.288 e. The summed E-state index contributed by atoms with van der Waals surface area (Å²) in [4.78, 5) is 35.8. The molecule has 142 valence electrons. The van der Waals surface area contributed by atoms with E-state index in [1.807, 2.05) is 23.6 Å². The standard InChI is InChI=1S/C20H24N4O2S/c25-18-10-6-12-24(18)20-22-16(14-27-20)13-19(26)23-11-5-4-9-17(23)21-15-7-2-1-3-8-15/h4-5,9,11,14-15H,1-3,6-8,10,12-13H2. The lowest BCUT2D eigenvalue weighted by Crippen LogP contribution is -2.30. The number of nitrogens with zero attached hydrogens (tertiary/aromatic N) is 4.